The van der Waals surface area contributed by atoms with Crippen LogP contribution in [0.1, 0.15) is 12.5 Å². The minimum absolute atomic E-state index is 0.0658. The summed E-state index contributed by atoms with van der Waals surface area (Å²) in [6.45, 7) is 3.79. The molecule has 0 spiro atoms. The van der Waals surface area contributed by atoms with Crippen molar-refractivity contribution < 1.29 is 12.8 Å². The van der Waals surface area contributed by atoms with Gasteiger partial charge in [-0.1, -0.05) is 12.1 Å². The van der Waals surface area contributed by atoms with Gasteiger partial charge in [0.15, 0.2) is 0 Å². The molecular formula is C13H19FN2O2S. The Bertz CT molecular complexity index is 530. The molecular weight excluding hydrogens is 267 g/mol. The Hall–Kier alpha value is -0.980. The van der Waals surface area contributed by atoms with Crippen LogP contribution in [0.3, 0.4) is 0 Å². The van der Waals surface area contributed by atoms with Gasteiger partial charge >= 0.3 is 0 Å². The predicted molar refractivity (Wildman–Crippen MR) is 72.7 cm³/mol. The van der Waals surface area contributed by atoms with Gasteiger partial charge in [-0.3, -0.25) is 0 Å². The van der Waals surface area contributed by atoms with Gasteiger partial charge in [0.2, 0.25) is 10.0 Å². The van der Waals surface area contributed by atoms with E-state index in [0.717, 1.165) is 6.54 Å². The topological polar surface area (TPSA) is 40.6 Å². The van der Waals surface area contributed by atoms with Crippen molar-refractivity contribution in [2.75, 3.05) is 26.7 Å². The lowest BCUT2D eigenvalue weighted by atomic mass is 10.2. The summed E-state index contributed by atoms with van der Waals surface area (Å²) in [5, 5.41) is 0. The molecule has 1 aliphatic heterocycles. The Morgan fingerprint density at radius 3 is 2.47 bits per heavy atom. The Balaban J connectivity index is 2.08. The summed E-state index contributed by atoms with van der Waals surface area (Å²) in [6, 6.07) is 5.84. The summed E-state index contributed by atoms with van der Waals surface area (Å²) >= 11 is 0. The smallest absolute Gasteiger partial charge is 0.218 e. The molecule has 6 heteroatoms. The van der Waals surface area contributed by atoms with Gasteiger partial charge in [-0.25, -0.2) is 12.8 Å². The van der Waals surface area contributed by atoms with Gasteiger partial charge in [0, 0.05) is 25.7 Å². The average Bonchev–Trinajstić information content (AvgIpc) is 2.35. The fourth-order valence-corrected chi connectivity index (χ4v) is 3.75. The van der Waals surface area contributed by atoms with Gasteiger partial charge < -0.3 is 4.90 Å². The van der Waals surface area contributed by atoms with Gasteiger partial charge in [-0.05, 0) is 31.7 Å². The van der Waals surface area contributed by atoms with Crippen LogP contribution in [0, 0.1) is 5.82 Å². The van der Waals surface area contributed by atoms with Gasteiger partial charge in [-0.15, -0.1) is 0 Å². The highest BCUT2D eigenvalue weighted by Crippen LogP contribution is 2.16. The van der Waals surface area contributed by atoms with E-state index in [4.69, 9.17) is 0 Å². The highest BCUT2D eigenvalue weighted by atomic mass is 32.2. The van der Waals surface area contributed by atoms with E-state index in [0.29, 0.717) is 18.7 Å². The van der Waals surface area contributed by atoms with Gasteiger partial charge in [-0.2, -0.15) is 4.31 Å². The van der Waals surface area contributed by atoms with Gasteiger partial charge in [0.25, 0.3) is 0 Å². The van der Waals surface area contributed by atoms with E-state index >= 15 is 0 Å². The van der Waals surface area contributed by atoms with E-state index in [1.165, 1.54) is 28.6 Å². The number of piperazine rings is 1. The lowest BCUT2D eigenvalue weighted by Crippen LogP contribution is -2.52. The lowest BCUT2D eigenvalue weighted by molar-refractivity contribution is 0.159. The predicted octanol–water partition coefficient (Wildman–Crippen LogP) is 1.29. The maximum atomic E-state index is 12.8. The van der Waals surface area contributed by atoms with Crippen LogP contribution in [0.15, 0.2) is 24.3 Å². The van der Waals surface area contributed by atoms with Crippen LogP contribution in [0.25, 0.3) is 0 Å². The normalized spacial score (nSPS) is 22.6. The molecule has 1 unspecified atom stereocenters. The molecule has 1 atom stereocenters. The second-order valence-corrected chi connectivity index (χ2v) is 7.04. The van der Waals surface area contributed by atoms with Crippen LogP contribution in [0.4, 0.5) is 4.39 Å². The fourth-order valence-electron chi connectivity index (χ4n) is 2.15. The fraction of sp³-hybridized carbons (Fsp3) is 0.538. The molecule has 19 heavy (non-hydrogen) atoms. The third-order valence-corrected chi connectivity index (χ3v) is 5.39. The second-order valence-electron chi connectivity index (χ2n) is 5.07. The van der Waals surface area contributed by atoms with Crippen molar-refractivity contribution in [3.05, 3.63) is 35.6 Å². The van der Waals surface area contributed by atoms with Crippen LogP contribution in [-0.4, -0.2) is 50.3 Å². The molecule has 1 aliphatic rings. The molecule has 0 bridgehead atoms. The summed E-state index contributed by atoms with van der Waals surface area (Å²) < 4.78 is 38.9. The molecule has 0 aromatic heterocycles. The van der Waals surface area contributed by atoms with Crippen molar-refractivity contribution in [2.24, 2.45) is 0 Å². The van der Waals surface area contributed by atoms with E-state index in [1.807, 2.05) is 14.0 Å². The summed E-state index contributed by atoms with van der Waals surface area (Å²) in [5.74, 6) is -0.418. The SMILES string of the molecule is CC1CN(S(=O)(=O)Cc2ccc(F)cc2)CCN1C. The largest absolute Gasteiger partial charge is 0.301 e. The van der Waals surface area contributed by atoms with Crippen LogP contribution in [-0.2, 0) is 15.8 Å². The van der Waals surface area contributed by atoms with E-state index in [1.54, 1.807) is 0 Å². The van der Waals surface area contributed by atoms with Crippen molar-refractivity contribution in [3.8, 4) is 0 Å². The maximum Gasteiger partial charge on any atom is 0.218 e. The monoisotopic (exact) mass is 286 g/mol. The first-order valence-electron chi connectivity index (χ1n) is 6.31. The molecule has 2 rings (SSSR count). The number of rotatable bonds is 3. The van der Waals surface area contributed by atoms with Gasteiger partial charge in [0.1, 0.15) is 5.82 Å². The Labute approximate surface area is 113 Å². The standard InChI is InChI=1S/C13H19FN2O2S/c1-11-9-16(8-7-15(11)2)19(17,18)10-12-3-5-13(14)6-4-12/h3-6,11H,7-10H2,1-2H3. The number of halogens is 1. The van der Waals surface area contributed by atoms with Crippen molar-refractivity contribution in [1.82, 2.24) is 9.21 Å². The molecule has 0 amide bonds. The zero-order chi connectivity index (χ0) is 14.0. The minimum Gasteiger partial charge on any atom is -0.301 e. The molecule has 0 radical (unpaired) electrons. The van der Waals surface area contributed by atoms with Crippen molar-refractivity contribution >= 4 is 10.0 Å². The summed E-state index contributed by atoms with van der Waals surface area (Å²) in [5.41, 5.74) is 0.619. The first-order chi connectivity index (χ1) is 8.88. The summed E-state index contributed by atoms with van der Waals surface area (Å²) in [6.07, 6.45) is 0. The average molecular weight is 286 g/mol. The Morgan fingerprint density at radius 1 is 1.26 bits per heavy atom. The molecule has 0 aliphatic carbocycles. The third-order valence-electron chi connectivity index (χ3n) is 3.58. The number of hydrogen-bond acceptors (Lipinski definition) is 3. The molecule has 0 N–H and O–H groups in total. The zero-order valence-electron chi connectivity index (χ0n) is 11.2. The molecule has 1 aromatic rings. The number of likely N-dealkylation sites (N-methyl/N-ethyl adjacent to an activating group) is 1. The molecule has 1 aromatic carbocycles. The quantitative estimate of drug-likeness (QED) is 0.841. The molecule has 0 saturated carbocycles. The number of nitrogens with zero attached hydrogens (tertiary/aromatic N) is 2. The van der Waals surface area contributed by atoms with Crippen LogP contribution < -0.4 is 0 Å². The highest BCUT2D eigenvalue weighted by Gasteiger charge is 2.29. The maximum absolute atomic E-state index is 12.8. The van der Waals surface area contributed by atoms with Crippen LogP contribution >= 0.6 is 0 Å². The van der Waals surface area contributed by atoms with Crippen molar-refractivity contribution in [3.63, 3.8) is 0 Å². The Kier molecular flexibility index (Phi) is 4.23. The van der Waals surface area contributed by atoms with Crippen LogP contribution in [0.2, 0.25) is 0 Å². The Morgan fingerprint density at radius 2 is 1.89 bits per heavy atom. The molecule has 1 heterocycles. The lowest BCUT2D eigenvalue weighted by Gasteiger charge is -2.36. The highest BCUT2D eigenvalue weighted by molar-refractivity contribution is 7.88. The van der Waals surface area contributed by atoms with Crippen LogP contribution in [0.5, 0.6) is 0 Å². The minimum atomic E-state index is -3.32. The summed E-state index contributed by atoms with van der Waals surface area (Å²) in [7, 11) is -1.33. The molecule has 4 nitrogen and oxygen atoms in total. The molecule has 106 valence electrons. The zero-order valence-corrected chi connectivity index (χ0v) is 12.0. The molecule has 1 fully saturated rings. The van der Waals surface area contributed by atoms with Crippen molar-refractivity contribution in [2.45, 2.75) is 18.7 Å². The number of hydrogen-bond donors (Lipinski definition) is 0. The molecule has 1 saturated heterocycles. The third kappa shape index (κ3) is 3.52. The van der Waals surface area contributed by atoms with Crippen molar-refractivity contribution in [1.29, 1.82) is 0 Å². The van der Waals surface area contributed by atoms with E-state index in [9.17, 15) is 12.8 Å². The first-order valence-corrected chi connectivity index (χ1v) is 7.92. The summed E-state index contributed by atoms with van der Waals surface area (Å²) in [4.78, 5) is 2.14. The number of benzene rings is 1. The van der Waals surface area contributed by atoms with Gasteiger partial charge in [0.05, 0.1) is 5.75 Å². The number of sulfonamides is 1. The first kappa shape index (κ1) is 14.4. The second kappa shape index (κ2) is 5.56. The van der Waals surface area contributed by atoms with E-state index in [2.05, 4.69) is 4.90 Å². The van der Waals surface area contributed by atoms with E-state index < -0.39 is 10.0 Å². The van der Waals surface area contributed by atoms with E-state index in [-0.39, 0.29) is 17.6 Å².